The van der Waals surface area contributed by atoms with Gasteiger partial charge in [-0.1, -0.05) is 50.5 Å². The molecule has 0 amide bonds. The highest BCUT2D eigenvalue weighted by Gasteiger charge is 2.29. The van der Waals surface area contributed by atoms with Crippen LogP contribution in [0, 0.1) is 23.7 Å². The topological polar surface area (TPSA) is 20.2 Å². The molecule has 0 saturated heterocycles. The molecule has 4 atom stereocenters. The Morgan fingerprint density at radius 3 is 2.52 bits per heavy atom. The number of allylic oxidation sites excluding steroid dienone is 3. The molecule has 2 aliphatic rings. The van der Waals surface area contributed by atoms with Crippen LogP contribution in [0.1, 0.15) is 72.6 Å². The maximum Gasteiger partial charge on any atom is 0.0754 e. The molecule has 4 unspecified atom stereocenters. The standard InChI is InChI=1S/C20H34O/c1-5-17(19-11-6-15(4)12-20(19)21)13-16-7-9-18(10-8-16)14(2)3/h7,12,14,17-21H,5-6,8-11,13H2,1-4H3. The van der Waals surface area contributed by atoms with Crippen molar-refractivity contribution in [1.82, 2.24) is 0 Å². The molecular weight excluding hydrogens is 256 g/mol. The van der Waals surface area contributed by atoms with Crippen LogP contribution in [-0.4, -0.2) is 11.2 Å². The van der Waals surface area contributed by atoms with Crippen LogP contribution in [0.3, 0.4) is 0 Å². The summed E-state index contributed by atoms with van der Waals surface area (Å²) in [6, 6.07) is 0. The summed E-state index contributed by atoms with van der Waals surface area (Å²) >= 11 is 0. The lowest BCUT2D eigenvalue weighted by Crippen LogP contribution is -2.29. The minimum absolute atomic E-state index is 0.212. The predicted molar refractivity (Wildman–Crippen MR) is 91.1 cm³/mol. The van der Waals surface area contributed by atoms with Gasteiger partial charge in [-0.15, -0.1) is 0 Å². The molecule has 0 radical (unpaired) electrons. The van der Waals surface area contributed by atoms with Crippen LogP contribution < -0.4 is 0 Å². The highest BCUT2D eigenvalue weighted by Crippen LogP contribution is 2.38. The van der Waals surface area contributed by atoms with Crippen molar-refractivity contribution in [3.8, 4) is 0 Å². The Morgan fingerprint density at radius 2 is 2.00 bits per heavy atom. The minimum Gasteiger partial charge on any atom is -0.389 e. The quantitative estimate of drug-likeness (QED) is 0.663. The molecule has 2 rings (SSSR count). The van der Waals surface area contributed by atoms with Crippen molar-refractivity contribution in [2.24, 2.45) is 23.7 Å². The summed E-state index contributed by atoms with van der Waals surface area (Å²) in [5.41, 5.74) is 3.03. The van der Waals surface area contributed by atoms with Crippen LogP contribution >= 0.6 is 0 Å². The highest BCUT2D eigenvalue weighted by atomic mass is 16.3. The van der Waals surface area contributed by atoms with Crippen LogP contribution in [0.15, 0.2) is 23.3 Å². The van der Waals surface area contributed by atoms with Crippen LogP contribution in [0.4, 0.5) is 0 Å². The fourth-order valence-corrected chi connectivity index (χ4v) is 4.21. The third-order valence-electron chi connectivity index (χ3n) is 5.91. The average Bonchev–Trinajstić information content (AvgIpc) is 2.46. The second-order valence-corrected chi connectivity index (χ2v) is 7.72. The fourth-order valence-electron chi connectivity index (χ4n) is 4.21. The molecule has 0 aromatic heterocycles. The van der Waals surface area contributed by atoms with E-state index in [2.05, 4.69) is 39.8 Å². The van der Waals surface area contributed by atoms with E-state index in [0.29, 0.717) is 11.8 Å². The van der Waals surface area contributed by atoms with Gasteiger partial charge in [0.1, 0.15) is 0 Å². The van der Waals surface area contributed by atoms with Gasteiger partial charge in [0.15, 0.2) is 0 Å². The maximum absolute atomic E-state index is 10.4. The van der Waals surface area contributed by atoms with Gasteiger partial charge in [0.25, 0.3) is 0 Å². The van der Waals surface area contributed by atoms with Crippen LogP contribution in [0.2, 0.25) is 0 Å². The lowest BCUT2D eigenvalue weighted by Gasteiger charge is -2.34. The van der Waals surface area contributed by atoms with E-state index in [-0.39, 0.29) is 6.10 Å². The van der Waals surface area contributed by atoms with Gasteiger partial charge in [-0.25, -0.2) is 0 Å². The Labute approximate surface area is 131 Å². The summed E-state index contributed by atoms with van der Waals surface area (Å²) in [7, 11) is 0. The third kappa shape index (κ3) is 4.45. The summed E-state index contributed by atoms with van der Waals surface area (Å²) in [6.45, 7) is 9.15. The number of hydrogen-bond acceptors (Lipinski definition) is 1. The van der Waals surface area contributed by atoms with Crippen molar-refractivity contribution >= 4 is 0 Å². The molecule has 0 fully saturated rings. The first-order chi connectivity index (χ1) is 10.0. The van der Waals surface area contributed by atoms with Gasteiger partial charge in [0.2, 0.25) is 0 Å². The normalized spacial score (nSPS) is 31.8. The highest BCUT2D eigenvalue weighted by molar-refractivity contribution is 5.12. The number of aliphatic hydroxyl groups is 1. The van der Waals surface area contributed by atoms with E-state index in [1.54, 1.807) is 5.57 Å². The zero-order chi connectivity index (χ0) is 15.4. The van der Waals surface area contributed by atoms with E-state index >= 15 is 0 Å². The smallest absolute Gasteiger partial charge is 0.0754 e. The molecule has 2 aliphatic carbocycles. The minimum atomic E-state index is -0.212. The van der Waals surface area contributed by atoms with Gasteiger partial charge in [-0.2, -0.15) is 0 Å². The summed E-state index contributed by atoms with van der Waals surface area (Å²) in [5, 5.41) is 10.4. The van der Waals surface area contributed by atoms with Gasteiger partial charge in [-0.3, -0.25) is 0 Å². The zero-order valence-electron chi connectivity index (χ0n) is 14.4. The van der Waals surface area contributed by atoms with Crippen LogP contribution in [0.5, 0.6) is 0 Å². The van der Waals surface area contributed by atoms with Crippen molar-refractivity contribution < 1.29 is 5.11 Å². The lowest BCUT2D eigenvalue weighted by atomic mass is 9.73. The van der Waals surface area contributed by atoms with E-state index in [0.717, 1.165) is 11.8 Å². The van der Waals surface area contributed by atoms with Crippen molar-refractivity contribution in [2.75, 3.05) is 0 Å². The number of hydrogen-bond donors (Lipinski definition) is 1. The first-order valence-corrected chi connectivity index (χ1v) is 9.04. The molecule has 0 aliphatic heterocycles. The number of aliphatic hydroxyl groups excluding tert-OH is 1. The fraction of sp³-hybridized carbons (Fsp3) is 0.800. The van der Waals surface area contributed by atoms with Gasteiger partial charge in [0.05, 0.1) is 6.10 Å². The van der Waals surface area contributed by atoms with E-state index < -0.39 is 0 Å². The molecule has 21 heavy (non-hydrogen) atoms. The molecule has 0 saturated carbocycles. The maximum atomic E-state index is 10.4. The molecule has 0 aromatic carbocycles. The average molecular weight is 290 g/mol. The second-order valence-electron chi connectivity index (χ2n) is 7.72. The monoisotopic (exact) mass is 290 g/mol. The largest absolute Gasteiger partial charge is 0.389 e. The van der Waals surface area contributed by atoms with E-state index in [1.165, 1.54) is 50.5 Å². The molecule has 120 valence electrons. The van der Waals surface area contributed by atoms with Gasteiger partial charge in [-0.05, 0) is 69.1 Å². The number of rotatable bonds is 5. The van der Waals surface area contributed by atoms with Crippen molar-refractivity contribution in [1.29, 1.82) is 0 Å². The zero-order valence-corrected chi connectivity index (χ0v) is 14.4. The van der Waals surface area contributed by atoms with Gasteiger partial charge >= 0.3 is 0 Å². The Hall–Kier alpha value is -0.560. The summed E-state index contributed by atoms with van der Waals surface area (Å²) in [5.74, 6) is 2.84. The van der Waals surface area contributed by atoms with Crippen molar-refractivity contribution in [2.45, 2.75) is 78.7 Å². The first kappa shape index (κ1) is 16.8. The Balaban J connectivity index is 1.94. The SMILES string of the molecule is CCC(CC1=CCC(C(C)C)CC1)C1CCC(C)=CC1O. The first-order valence-electron chi connectivity index (χ1n) is 9.04. The summed E-state index contributed by atoms with van der Waals surface area (Å²) in [6.07, 6.45) is 13.1. The Bertz CT molecular complexity index is 391. The lowest BCUT2D eigenvalue weighted by molar-refractivity contribution is 0.0934. The molecule has 0 heterocycles. The summed E-state index contributed by atoms with van der Waals surface area (Å²) < 4.78 is 0. The third-order valence-corrected chi connectivity index (χ3v) is 5.91. The van der Waals surface area contributed by atoms with Crippen molar-refractivity contribution in [3.05, 3.63) is 23.3 Å². The molecule has 1 N–H and O–H groups in total. The molecule has 1 heteroatoms. The molecule has 0 aromatic rings. The predicted octanol–water partition coefficient (Wildman–Crippen LogP) is 5.50. The van der Waals surface area contributed by atoms with Gasteiger partial charge < -0.3 is 5.11 Å². The van der Waals surface area contributed by atoms with Crippen LogP contribution in [-0.2, 0) is 0 Å². The molecule has 1 nitrogen and oxygen atoms in total. The van der Waals surface area contributed by atoms with Gasteiger partial charge in [0, 0.05) is 0 Å². The van der Waals surface area contributed by atoms with E-state index in [9.17, 15) is 5.11 Å². The second kappa shape index (κ2) is 7.63. The van der Waals surface area contributed by atoms with E-state index in [1.807, 2.05) is 0 Å². The molecule has 0 bridgehead atoms. The van der Waals surface area contributed by atoms with E-state index in [4.69, 9.17) is 0 Å². The Kier molecular flexibility index (Phi) is 6.10. The summed E-state index contributed by atoms with van der Waals surface area (Å²) in [4.78, 5) is 0. The molecule has 0 spiro atoms. The molecular formula is C20H34O. The Morgan fingerprint density at radius 1 is 1.24 bits per heavy atom. The van der Waals surface area contributed by atoms with Crippen molar-refractivity contribution in [3.63, 3.8) is 0 Å². The van der Waals surface area contributed by atoms with Crippen LogP contribution in [0.25, 0.3) is 0 Å².